The molecule has 17 heavy (non-hydrogen) atoms. The summed E-state index contributed by atoms with van der Waals surface area (Å²) in [4.78, 5) is 13.1. The minimum Gasteiger partial charge on any atom is -0.477 e. The molecule has 92 valence electrons. The van der Waals surface area contributed by atoms with Crippen molar-refractivity contribution in [1.82, 2.24) is 4.90 Å². The first-order chi connectivity index (χ1) is 7.99. The molecule has 0 N–H and O–H groups in total. The number of nitrogens with zero attached hydrogens (tertiary/aromatic N) is 1. The highest BCUT2D eigenvalue weighted by atomic mass is 79.9. The van der Waals surface area contributed by atoms with Crippen LogP contribution in [-0.4, -0.2) is 30.5 Å². The minimum absolute atomic E-state index is 0.218. The first kappa shape index (κ1) is 12.3. The van der Waals surface area contributed by atoms with Crippen molar-refractivity contribution >= 4 is 21.8 Å². The van der Waals surface area contributed by atoms with E-state index in [0.717, 1.165) is 6.07 Å². The molecule has 1 unspecified atom stereocenters. The molecular formula is C11H10BrF2NO2. The van der Waals surface area contributed by atoms with Gasteiger partial charge in [0, 0.05) is 24.5 Å². The predicted molar refractivity (Wildman–Crippen MR) is 60.7 cm³/mol. The van der Waals surface area contributed by atoms with Crippen molar-refractivity contribution in [2.24, 2.45) is 0 Å². The van der Waals surface area contributed by atoms with Crippen molar-refractivity contribution in [3.8, 4) is 5.75 Å². The Bertz CT molecular complexity index is 467. The van der Waals surface area contributed by atoms with Gasteiger partial charge in [0.2, 0.25) is 5.82 Å². The summed E-state index contributed by atoms with van der Waals surface area (Å²) < 4.78 is 32.1. The van der Waals surface area contributed by atoms with Crippen LogP contribution in [-0.2, 0) is 4.79 Å². The van der Waals surface area contributed by atoms with Crippen LogP contribution in [0.15, 0.2) is 16.6 Å². The fourth-order valence-corrected chi connectivity index (χ4v) is 2.08. The van der Waals surface area contributed by atoms with Gasteiger partial charge < -0.3 is 9.64 Å². The standard InChI is InChI=1S/C11H10BrF2NO2/c1-15-3-2-8(11(15)16)17-9-5-6(12)4-7(13)10(9)14/h4-5,8H,2-3H2,1H3. The summed E-state index contributed by atoms with van der Waals surface area (Å²) in [5.74, 6) is -2.54. The molecule has 6 heteroatoms. The van der Waals surface area contributed by atoms with Crippen LogP contribution in [0.25, 0.3) is 0 Å². The molecule has 1 saturated heterocycles. The minimum atomic E-state index is -1.07. The average Bonchev–Trinajstić information content (AvgIpc) is 2.57. The van der Waals surface area contributed by atoms with Crippen LogP contribution in [0.4, 0.5) is 8.78 Å². The Morgan fingerprint density at radius 2 is 2.18 bits per heavy atom. The largest absolute Gasteiger partial charge is 0.477 e. The fourth-order valence-electron chi connectivity index (χ4n) is 1.67. The van der Waals surface area contributed by atoms with E-state index in [1.807, 2.05) is 0 Å². The Morgan fingerprint density at radius 3 is 2.76 bits per heavy atom. The second-order valence-electron chi connectivity index (χ2n) is 3.85. The highest BCUT2D eigenvalue weighted by Gasteiger charge is 2.31. The van der Waals surface area contributed by atoms with Gasteiger partial charge in [0.15, 0.2) is 17.7 Å². The lowest BCUT2D eigenvalue weighted by Gasteiger charge is -2.14. The van der Waals surface area contributed by atoms with Gasteiger partial charge in [-0.1, -0.05) is 15.9 Å². The number of halogens is 3. The van der Waals surface area contributed by atoms with Crippen molar-refractivity contribution in [2.75, 3.05) is 13.6 Å². The Morgan fingerprint density at radius 1 is 1.47 bits per heavy atom. The van der Waals surface area contributed by atoms with E-state index in [2.05, 4.69) is 15.9 Å². The number of likely N-dealkylation sites (tertiary alicyclic amines) is 1. The van der Waals surface area contributed by atoms with E-state index in [0.29, 0.717) is 17.4 Å². The first-order valence-electron chi connectivity index (χ1n) is 5.05. The third kappa shape index (κ3) is 2.41. The van der Waals surface area contributed by atoms with Crippen LogP contribution < -0.4 is 4.74 Å². The number of hydrogen-bond donors (Lipinski definition) is 0. The Hall–Kier alpha value is -1.17. The normalized spacial score (nSPS) is 19.9. The summed E-state index contributed by atoms with van der Waals surface area (Å²) in [6.07, 6.45) is -0.258. The summed E-state index contributed by atoms with van der Waals surface area (Å²) in [6, 6.07) is 2.31. The summed E-state index contributed by atoms with van der Waals surface area (Å²) in [6.45, 7) is 0.557. The lowest BCUT2D eigenvalue weighted by atomic mass is 10.3. The quantitative estimate of drug-likeness (QED) is 0.785. The van der Waals surface area contributed by atoms with Crippen molar-refractivity contribution in [1.29, 1.82) is 0 Å². The summed E-state index contributed by atoms with van der Waals surface area (Å²) >= 11 is 3.04. The molecule has 1 atom stereocenters. The average molecular weight is 306 g/mol. The van der Waals surface area contributed by atoms with Gasteiger partial charge in [-0.05, 0) is 12.1 Å². The van der Waals surface area contributed by atoms with Gasteiger partial charge in [-0.15, -0.1) is 0 Å². The van der Waals surface area contributed by atoms with E-state index < -0.39 is 17.7 Å². The molecular weight excluding hydrogens is 296 g/mol. The molecule has 1 aromatic carbocycles. The third-order valence-electron chi connectivity index (χ3n) is 2.61. The fraction of sp³-hybridized carbons (Fsp3) is 0.364. The Kier molecular flexibility index (Phi) is 3.33. The van der Waals surface area contributed by atoms with Crippen LogP contribution in [0.1, 0.15) is 6.42 Å². The van der Waals surface area contributed by atoms with E-state index in [1.54, 1.807) is 7.05 Å². The molecule has 1 fully saturated rings. The van der Waals surface area contributed by atoms with Gasteiger partial charge in [0.05, 0.1) is 0 Å². The Balaban J connectivity index is 2.22. The van der Waals surface area contributed by atoms with E-state index in [4.69, 9.17) is 4.74 Å². The van der Waals surface area contributed by atoms with E-state index in [9.17, 15) is 13.6 Å². The summed E-state index contributed by atoms with van der Waals surface area (Å²) in [7, 11) is 1.64. The number of ether oxygens (including phenoxy) is 1. The van der Waals surface area contributed by atoms with Gasteiger partial charge >= 0.3 is 0 Å². The maximum absolute atomic E-state index is 13.4. The maximum Gasteiger partial charge on any atom is 0.263 e. The molecule has 2 rings (SSSR count). The van der Waals surface area contributed by atoms with Crippen LogP contribution in [0.2, 0.25) is 0 Å². The molecule has 1 aliphatic heterocycles. The third-order valence-corrected chi connectivity index (χ3v) is 3.07. The van der Waals surface area contributed by atoms with Gasteiger partial charge in [0.25, 0.3) is 5.91 Å². The molecule has 0 saturated carbocycles. The van der Waals surface area contributed by atoms with Crippen LogP contribution in [0, 0.1) is 11.6 Å². The zero-order chi connectivity index (χ0) is 12.6. The van der Waals surface area contributed by atoms with Gasteiger partial charge in [-0.3, -0.25) is 4.79 Å². The molecule has 0 aliphatic carbocycles. The molecule has 3 nitrogen and oxygen atoms in total. The molecule has 0 radical (unpaired) electrons. The second-order valence-corrected chi connectivity index (χ2v) is 4.77. The van der Waals surface area contributed by atoms with Crippen LogP contribution in [0.3, 0.4) is 0 Å². The highest BCUT2D eigenvalue weighted by Crippen LogP contribution is 2.27. The monoisotopic (exact) mass is 305 g/mol. The SMILES string of the molecule is CN1CCC(Oc2cc(Br)cc(F)c2F)C1=O. The molecule has 0 bridgehead atoms. The van der Waals surface area contributed by atoms with E-state index in [-0.39, 0.29) is 11.7 Å². The van der Waals surface area contributed by atoms with E-state index in [1.165, 1.54) is 11.0 Å². The van der Waals surface area contributed by atoms with Crippen molar-refractivity contribution in [2.45, 2.75) is 12.5 Å². The number of amides is 1. The first-order valence-corrected chi connectivity index (χ1v) is 5.84. The summed E-state index contributed by atoms with van der Waals surface area (Å²) in [5, 5.41) is 0. The number of benzene rings is 1. The van der Waals surface area contributed by atoms with Crippen molar-refractivity contribution in [3.63, 3.8) is 0 Å². The second kappa shape index (κ2) is 4.60. The maximum atomic E-state index is 13.4. The number of likely N-dealkylation sites (N-methyl/N-ethyl adjacent to an activating group) is 1. The van der Waals surface area contributed by atoms with Crippen molar-refractivity contribution in [3.05, 3.63) is 28.2 Å². The smallest absolute Gasteiger partial charge is 0.263 e. The molecule has 1 aromatic rings. The Labute approximate surface area is 105 Å². The van der Waals surface area contributed by atoms with E-state index >= 15 is 0 Å². The van der Waals surface area contributed by atoms with Gasteiger partial charge in [-0.25, -0.2) is 4.39 Å². The predicted octanol–water partition coefficient (Wildman–Crippen LogP) is 2.34. The van der Waals surface area contributed by atoms with Gasteiger partial charge in [-0.2, -0.15) is 4.39 Å². The molecule has 1 amide bonds. The topological polar surface area (TPSA) is 29.5 Å². The molecule has 1 aliphatic rings. The number of carbonyl (C=O) groups excluding carboxylic acids is 1. The van der Waals surface area contributed by atoms with Crippen LogP contribution >= 0.6 is 15.9 Å². The van der Waals surface area contributed by atoms with Crippen LogP contribution in [0.5, 0.6) is 5.75 Å². The molecule has 1 heterocycles. The molecule has 0 aromatic heterocycles. The number of hydrogen-bond acceptors (Lipinski definition) is 2. The lowest BCUT2D eigenvalue weighted by molar-refractivity contribution is -0.132. The van der Waals surface area contributed by atoms with Gasteiger partial charge in [0.1, 0.15) is 0 Å². The molecule has 0 spiro atoms. The van der Waals surface area contributed by atoms with Crippen molar-refractivity contribution < 1.29 is 18.3 Å². The number of rotatable bonds is 2. The number of carbonyl (C=O) groups is 1. The lowest BCUT2D eigenvalue weighted by Crippen LogP contribution is -2.29. The highest BCUT2D eigenvalue weighted by molar-refractivity contribution is 9.10. The zero-order valence-corrected chi connectivity index (χ0v) is 10.6. The zero-order valence-electron chi connectivity index (χ0n) is 9.04. The summed E-state index contributed by atoms with van der Waals surface area (Å²) in [5.41, 5.74) is 0.